The Labute approximate surface area is 190 Å². The summed E-state index contributed by atoms with van der Waals surface area (Å²) in [6, 6.07) is 5.49. The van der Waals surface area contributed by atoms with Crippen molar-refractivity contribution in [2.75, 3.05) is 69.4 Å². The molecule has 2 fully saturated rings. The molecule has 0 atom stereocenters. The van der Waals surface area contributed by atoms with Crippen LogP contribution in [0.5, 0.6) is 5.75 Å². The second kappa shape index (κ2) is 9.21. The van der Waals surface area contributed by atoms with Gasteiger partial charge < -0.3 is 19.3 Å². The number of ether oxygens (including phenoxy) is 2. The Kier molecular flexibility index (Phi) is 6.55. The first-order valence-corrected chi connectivity index (χ1v) is 12.3. The summed E-state index contributed by atoms with van der Waals surface area (Å²) >= 11 is 0. The molecular weight excluding hydrogens is 430 g/mol. The maximum Gasteiger partial charge on any atom is 0.243 e. The highest BCUT2D eigenvalue weighted by Gasteiger charge is 2.31. The fourth-order valence-corrected chi connectivity index (χ4v) is 5.91. The summed E-state index contributed by atoms with van der Waals surface area (Å²) in [6.07, 6.45) is 0. The molecule has 1 aromatic carbocycles. The largest absolute Gasteiger partial charge is 0.496 e. The van der Waals surface area contributed by atoms with Gasteiger partial charge in [-0.1, -0.05) is 6.07 Å². The Morgan fingerprint density at radius 1 is 0.844 bits per heavy atom. The number of sulfonamides is 1. The van der Waals surface area contributed by atoms with Crippen LogP contribution >= 0.6 is 0 Å². The van der Waals surface area contributed by atoms with Gasteiger partial charge in [0.1, 0.15) is 23.2 Å². The van der Waals surface area contributed by atoms with Crippen LogP contribution in [0.15, 0.2) is 23.1 Å². The van der Waals surface area contributed by atoms with E-state index in [1.807, 2.05) is 32.9 Å². The fraction of sp³-hybridized carbons (Fsp3) is 0.545. The summed E-state index contributed by atoms with van der Waals surface area (Å²) in [5.74, 6) is 3.03. The number of methoxy groups -OCH3 is 1. The van der Waals surface area contributed by atoms with Gasteiger partial charge in [-0.25, -0.2) is 18.4 Å². The molecule has 0 N–H and O–H groups in total. The monoisotopic (exact) mass is 461 g/mol. The van der Waals surface area contributed by atoms with Crippen molar-refractivity contribution >= 4 is 21.7 Å². The third kappa shape index (κ3) is 4.53. The van der Waals surface area contributed by atoms with Crippen LogP contribution in [0.4, 0.5) is 11.6 Å². The van der Waals surface area contributed by atoms with E-state index in [4.69, 9.17) is 9.47 Å². The highest BCUT2D eigenvalue weighted by molar-refractivity contribution is 7.89. The Hall–Kier alpha value is -2.43. The first-order valence-electron chi connectivity index (χ1n) is 10.9. The van der Waals surface area contributed by atoms with E-state index in [0.717, 1.165) is 35.9 Å². The molecule has 2 saturated heterocycles. The van der Waals surface area contributed by atoms with Crippen molar-refractivity contribution in [3.8, 4) is 5.75 Å². The lowest BCUT2D eigenvalue weighted by atomic mass is 10.1. The van der Waals surface area contributed by atoms with E-state index in [0.29, 0.717) is 55.9 Å². The lowest BCUT2D eigenvalue weighted by Gasteiger charge is -2.35. The summed E-state index contributed by atoms with van der Waals surface area (Å²) in [5.41, 5.74) is 1.65. The number of aryl methyl sites for hydroxylation is 3. The van der Waals surface area contributed by atoms with Crippen LogP contribution in [0, 0.1) is 20.8 Å². The van der Waals surface area contributed by atoms with Crippen LogP contribution in [-0.4, -0.2) is 82.3 Å². The number of nitrogens with zero attached hydrogens (tertiary/aromatic N) is 5. The van der Waals surface area contributed by atoms with Gasteiger partial charge >= 0.3 is 0 Å². The van der Waals surface area contributed by atoms with E-state index in [-0.39, 0.29) is 0 Å². The molecule has 0 aliphatic carbocycles. The van der Waals surface area contributed by atoms with Crippen molar-refractivity contribution in [1.29, 1.82) is 0 Å². The number of hydrogen-bond acceptors (Lipinski definition) is 8. The smallest absolute Gasteiger partial charge is 0.243 e. The van der Waals surface area contributed by atoms with E-state index in [9.17, 15) is 8.42 Å². The van der Waals surface area contributed by atoms with Crippen LogP contribution in [0.2, 0.25) is 0 Å². The Morgan fingerprint density at radius 2 is 1.44 bits per heavy atom. The van der Waals surface area contributed by atoms with Crippen molar-refractivity contribution in [2.24, 2.45) is 0 Å². The Bertz CT molecular complexity index is 1080. The molecule has 0 saturated carbocycles. The minimum Gasteiger partial charge on any atom is -0.496 e. The van der Waals surface area contributed by atoms with E-state index in [1.165, 1.54) is 0 Å². The number of aromatic nitrogens is 2. The molecule has 0 bridgehead atoms. The number of benzene rings is 1. The molecule has 4 rings (SSSR count). The van der Waals surface area contributed by atoms with Gasteiger partial charge in [0.05, 0.1) is 25.2 Å². The maximum atomic E-state index is 13.4. The lowest BCUT2D eigenvalue weighted by Crippen LogP contribution is -2.49. The molecule has 0 spiro atoms. The van der Waals surface area contributed by atoms with Crippen LogP contribution in [0.25, 0.3) is 0 Å². The number of piperazine rings is 1. The van der Waals surface area contributed by atoms with Gasteiger partial charge in [0.15, 0.2) is 0 Å². The first kappa shape index (κ1) is 22.8. The zero-order valence-electron chi connectivity index (χ0n) is 19.2. The Balaban J connectivity index is 1.50. The molecule has 2 aromatic rings. The van der Waals surface area contributed by atoms with E-state index in [2.05, 4.69) is 19.8 Å². The van der Waals surface area contributed by atoms with E-state index < -0.39 is 10.0 Å². The topological polar surface area (TPSA) is 88.1 Å². The molecule has 32 heavy (non-hydrogen) atoms. The minimum atomic E-state index is -3.61. The second-order valence-electron chi connectivity index (χ2n) is 8.21. The minimum absolute atomic E-state index is 0.306. The number of morpholine rings is 1. The quantitative estimate of drug-likeness (QED) is 0.666. The van der Waals surface area contributed by atoms with Crippen LogP contribution in [0.1, 0.15) is 17.0 Å². The van der Waals surface area contributed by atoms with Gasteiger partial charge in [0.2, 0.25) is 10.0 Å². The number of anilines is 2. The molecule has 174 valence electrons. The van der Waals surface area contributed by atoms with Gasteiger partial charge in [0.25, 0.3) is 0 Å². The zero-order chi connectivity index (χ0) is 22.9. The SMILES string of the molecule is COc1cc(S(=O)(=O)N2CCN(c3cc(N4CCOCC4)nc(C)n3)CC2)c(C)cc1C. The molecule has 0 unspecified atom stereocenters. The van der Waals surface area contributed by atoms with Crippen molar-refractivity contribution in [1.82, 2.24) is 14.3 Å². The van der Waals surface area contributed by atoms with Gasteiger partial charge in [-0.15, -0.1) is 0 Å². The highest BCUT2D eigenvalue weighted by Crippen LogP contribution is 2.29. The molecule has 0 amide bonds. The highest BCUT2D eigenvalue weighted by atomic mass is 32.2. The van der Waals surface area contributed by atoms with Crippen molar-refractivity contribution in [2.45, 2.75) is 25.7 Å². The maximum absolute atomic E-state index is 13.4. The summed E-state index contributed by atoms with van der Waals surface area (Å²) in [4.78, 5) is 13.9. The fourth-order valence-electron chi connectivity index (χ4n) is 4.26. The summed E-state index contributed by atoms with van der Waals surface area (Å²) in [6.45, 7) is 10.6. The van der Waals surface area contributed by atoms with Crippen molar-refractivity contribution < 1.29 is 17.9 Å². The molecule has 2 aliphatic heterocycles. The molecule has 9 nitrogen and oxygen atoms in total. The standard InChI is InChI=1S/C22H31N5O4S/c1-16-13-17(2)20(14-19(16)30-4)32(28,29)27-7-5-25(6-8-27)21-15-22(24-18(3)23-21)26-9-11-31-12-10-26/h13-15H,5-12H2,1-4H3. The predicted octanol–water partition coefficient (Wildman–Crippen LogP) is 1.76. The van der Waals surface area contributed by atoms with Gasteiger partial charge in [-0.2, -0.15) is 4.31 Å². The molecule has 1 aromatic heterocycles. The molecular formula is C22H31N5O4S. The summed E-state index contributed by atoms with van der Waals surface area (Å²) < 4.78 is 39.1. The van der Waals surface area contributed by atoms with Crippen LogP contribution in [0.3, 0.4) is 0 Å². The summed E-state index contributed by atoms with van der Waals surface area (Å²) in [7, 11) is -2.05. The average molecular weight is 462 g/mol. The Morgan fingerprint density at radius 3 is 2.03 bits per heavy atom. The normalized spacial score (nSPS) is 18.1. The number of hydrogen-bond donors (Lipinski definition) is 0. The number of rotatable bonds is 5. The van der Waals surface area contributed by atoms with Crippen LogP contribution in [-0.2, 0) is 14.8 Å². The van der Waals surface area contributed by atoms with E-state index in [1.54, 1.807) is 17.5 Å². The van der Waals surface area contributed by atoms with Crippen molar-refractivity contribution in [3.63, 3.8) is 0 Å². The van der Waals surface area contributed by atoms with Crippen LogP contribution < -0.4 is 14.5 Å². The zero-order valence-corrected chi connectivity index (χ0v) is 20.0. The predicted molar refractivity (Wildman–Crippen MR) is 123 cm³/mol. The second-order valence-corrected chi connectivity index (χ2v) is 10.1. The van der Waals surface area contributed by atoms with E-state index >= 15 is 0 Å². The lowest BCUT2D eigenvalue weighted by molar-refractivity contribution is 0.122. The third-order valence-electron chi connectivity index (χ3n) is 6.02. The summed E-state index contributed by atoms with van der Waals surface area (Å²) in [5, 5.41) is 0. The average Bonchev–Trinajstić information content (AvgIpc) is 2.79. The van der Waals surface area contributed by atoms with Gasteiger partial charge in [0, 0.05) is 51.4 Å². The van der Waals surface area contributed by atoms with Gasteiger partial charge in [-0.3, -0.25) is 0 Å². The van der Waals surface area contributed by atoms with Gasteiger partial charge in [-0.05, 0) is 31.9 Å². The molecule has 0 radical (unpaired) electrons. The van der Waals surface area contributed by atoms with Crippen molar-refractivity contribution in [3.05, 3.63) is 35.2 Å². The molecule has 3 heterocycles. The first-order chi connectivity index (χ1) is 15.3. The molecule has 2 aliphatic rings. The molecule has 10 heteroatoms. The third-order valence-corrected chi connectivity index (χ3v) is 8.06.